The molecule has 0 N–H and O–H groups in total. The molecule has 0 bridgehead atoms. The Bertz CT molecular complexity index is 962. The number of hydrogen-bond acceptors (Lipinski definition) is 5. The van der Waals surface area contributed by atoms with E-state index in [1.807, 2.05) is 0 Å². The smallest absolute Gasteiger partial charge is 0.134 e. The van der Waals surface area contributed by atoms with E-state index in [1.54, 1.807) is 26.4 Å². The lowest BCUT2D eigenvalue weighted by atomic mass is 9.82. The molecule has 2 aliphatic rings. The van der Waals surface area contributed by atoms with Gasteiger partial charge in [-0.1, -0.05) is 0 Å². The molecule has 1 aromatic carbocycles. The van der Waals surface area contributed by atoms with Crippen LogP contribution >= 0.6 is 0 Å². The number of methoxy groups -OCH3 is 2. The molecule has 1 aromatic heterocycles. The molecule has 1 unspecified atom stereocenters. The summed E-state index contributed by atoms with van der Waals surface area (Å²) in [5.74, 6) is 0.178. The molecule has 6 heteroatoms. The van der Waals surface area contributed by atoms with Crippen LogP contribution in [0.25, 0.3) is 11.1 Å². The van der Waals surface area contributed by atoms with Gasteiger partial charge in [0.25, 0.3) is 0 Å². The molecule has 1 aliphatic heterocycles. The molecule has 1 fully saturated rings. The normalized spacial score (nSPS) is 20.9. The summed E-state index contributed by atoms with van der Waals surface area (Å²) in [6.45, 7) is 0.906. The number of pyridine rings is 1. The SMILES string of the molecule is COCC1(c2nc3c(c(-c4cc(OC)ccc4F)c2C#N)CCCC3)CCCO1. The van der Waals surface area contributed by atoms with Crippen molar-refractivity contribution in [2.24, 2.45) is 0 Å². The molecule has 0 radical (unpaired) electrons. The fourth-order valence-corrected chi connectivity index (χ4v) is 4.60. The average Bonchev–Trinajstić information content (AvgIpc) is 3.23. The maximum absolute atomic E-state index is 15.0. The summed E-state index contributed by atoms with van der Waals surface area (Å²) < 4.78 is 31.9. The van der Waals surface area contributed by atoms with E-state index >= 15 is 0 Å². The highest BCUT2D eigenvalue weighted by Gasteiger charge is 2.42. The zero-order valence-electron chi connectivity index (χ0n) is 16.9. The van der Waals surface area contributed by atoms with E-state index < -0.39 is 5.60 Å². The van der Waals surface area contributed by atoms with Gasteiger partial charge in [0.15, 0.2) is 0 Å². The van der Waals surface area contributed by atoms with Gasteiger partial charge in [0.2, 0.25) is 0 Å². The number of fused-ring (bicyclic) bond motifs is 1. The molecule has 5 nitrogen and oxygen atoms in total. The average molecular weight is 396 g/mol. The lowest BCUT2D eigenvalue weighted by Gasteiger charge is -2.31. The number of aryl methyl sites for hydroxylation is 1. The van der Waals surface area contributed by atoms with Gasteiger partial charge in [-0.2, -0.15) is 5.26 Å². The second-order valence-electron chi connectivity index (χ2n) is 7.68. The number of aromatic nitrogens is 1. The minimum Gasteiger partial charge on any atom is -0.497 e. The van der Waals surface area contributed by atoms with Gasteiger partial charge in [-0.25, -0.2) is 4.39 Å². The van der Waals surface area contributed by atoms with Crippen molar-refractivity contribution in [3.63, 3.8) is 0 Å². The van der Waals surface area contributed by atoms with Gasteiger partial charge in [0.1, 0.15) is 23.2 Å². The number of hydrogen-bond donors (Lipinski definition) is 0. The Morgan fingerprint density at radius 2 is 2.07 bits per heavy atom. The van der Waals surface area contributed by atoms with Crippen LogP contribution in [0.1, 0.15) is 48.2 Å². The molecule has 0 spiro atoms. The van der Waals surface area contributed by atoms with Gasteiger partial charge in [0.05, 0.1) is 25.0 Å². The van der Waals surface area contributed by atoms with E-state index in [9.17, 15) is 9.65 Å². The second kappa shape index (κ2) is 8.10. The van der Waals surface area contributed by atoms with Crippen LogP contribution in [-0.4, -0.2) is 32.4 Å². The van der Waals surface area contributed by atoms with E-state index in [4.69, 9.17) is 19.2 Å². The minimum atomic E-state index is -0.767. The summed E-state index contributed by atoms with van der Waals surface area (Å²) >= 11 is 0. The number of ether oxygens (including phenoxy) is 3. The van der Waals surface area contributed by atoms with E-state index in [1.165, 1.54) is 6.07 Å². The maximum atomic E-state index is 15.0. The van der Waals surface area contributed by atoms with Crippen molar-refractivity contribution in [2.45, 2.75) is 44.1 Å². The maximum Gasteiger partial charge on any atom is 0.134 e. The van der Waals surface area contributed by atoms with Crippen LogP contribution < -0.4 is 4.74 Å². The summed E-state index contributed by atoms with van der Waals surface area (Å²) in [5.41, 5.74) is 3.12. The molecule has 0 amide bonds. The summed E-state index contributed by atoms with van der Waals surface area (Å²) in [5, 5.41) is 10.2. The van der Waals surface area contributed by atoms with E-state index in [2.05, 4.69) is 6.07 Å². The number of nitrogens with zero attached hydrogens (tertiary/aromatic N) is 2. The Balaban J connectivity index is 2.04. The highest BCUT2D eigenvalue weighted by Crippen LogP contribution is 2.44. The van der Waals surface area contributed by atoms with Crippen LogP contribution in [0.2, 0.25) is 0 Å². The highest BCUT2D eigenvalue weighted by atomic mass is 19.1. The largest absolute Gasteiger partial charge is 0.497 e. The molecule has 2 aromatic rings. The second-order valence-corrected chi connectivity index (χ2v) is 7.68. The summed E-state index contributed by atoms with van der Waals surface area (Å²) in [6.07, 6.45) is 5.22. The Hall–Kier alpha value is -2.49. The van der Waals surface area contributed by atoms with E-state index in [-0.39, 0.29) is 5.82 Å². The van der Waals surface area contributed by atoms with Crippen LogP contribution in [0.5, 0.6) is 5.75 Å². The van der Waals surface area contributed by atoms with Crippen molar-refractivity contribution in [1.82, 2.24) is 4.98 Å². The van der Waals surface area contributed by atoms with Crippen molar-refractivity contribution in [3.05, 3.63) is 46.5 Å². The molecule has 0 saturated carbocycles. The first-order chi connectivity index (χ1) is 14.1. The van der Waals surface area contributed by atoms with Gasteiger partial charge >= 0.3 is 0 Å². The standard InChI is InChI=1S/C23H25FN2O3/c1-27-14-23(10-5-11-29-23)22-18(13-25)21(16-6-3-4-7-20(16)26-22)17-12-15(28-2)8-9-19(17)24/h8-9,12H,3-7,10-11,14H2,1-2H3. The van der Waals surface area contributed by atoms with Crippen molar-refractivity contribution >= 4 is 0 Å². The number of rotatable bonds is 5. The van der Waals surface area contributed by atoms with Crippen molar-refractivity contribution in [2.75, 3.05) is 27.4 Å². The monoisotopic (exact) mass is 396 g/mol. The van der Waals surface area contributed by atoms with E-state index in [0.29, 0.717) is 41.3 Å². The van der Waals surface area contributed by atoms with Crippen LogP contribution in [0.15, 0.2) is 18.2 Å². The molecule has 1 saturated heterocycles. The van der Waals surface area contributed by atoms with Gasteiger partial charge < -0.3 is 14.2 Å². The fourth-order valence-electron chi connectivity index (χ4n) is 4.60. The topological polar surface area (TPSA) is 64.4 Å². The Morgan fingerprint density at radius 3 is 2.76 bits per heavy atom. The zero-order valence-corrected chi connectivity index (χ0v) is 16.9. The third-order valence-corrected chi connectivity index (χ3v) is 5.94. The third kappa shape index (κ3) is 3.39. The molecule has 1 aliphatic carbocycles. The lowest BCUT2D eigenvalue weighted by molar-refractivity contribution is -0.0592. The third-order valence-electron chi connectivity index (χ3n) is 5.94. The predicted octanol–water partition coefficient (Wildman–Crippen LogP) is 4.30. The quantitative estimate of drug-likeness (QED) is 0.754. The first-order valence-corrected chi connectivity index (χ1v) is 10.1. The van der Waals surface area contributed by atoms with Gasteiger partial charge in [-0.15, -0.1) is 0 Å². The Kier molecular flexibility index (Phi) is 5.53. The van der Waals surface area contributed by atoms with Crippen molar-refractivity contribution in [3.8, 4) is 22.9 Å². The van der Waals surface area contributed by atoms with Gasteiger partial charge in [-0.05, 0) is 62.3 Å². The molecular weight excluding hydrogens is 371 g/mol. The van der Waals surface area contributed by atoms with Crippen LogP contribution in [0, 0.1) is 17.1 Å². The zero-order chi connectivity index (χ0) is 20.4. The summed E-state index contributed by atoms with van der Waals surface area (Å²) in [6, 6.07) is 6.98. The Morgan fingerprint density at radius 1 is 1.24 bits per heavy atom. The molecule has 1 atom stereocenters. The number of nitriles is 1. The minimum absolute atomic E-state index is 0.313. The summed E-state index contributed by atoms with van der Waals surface area (Å²) in [7, 11) is 3.17. The van der Waals surface area contributed by atoms with Crippen LogP contribution in [0.3, 0.4) is 0 Å². The van der Waals surface area contributed by atoms with E-state index in [0.717, 1.165) is 49.8 Å². The van der Waals surface area contributed by atoms with Crippen molar-refractivity contribution in [1.29, 1.82) is 5.26 Å². The predicted molar refractivity (Wildman–Crippen MR) is 106 cm³/mol. The first kappa shape index (κ1) is 19.8. The first-order valence-electron chi connectivity index (χ1n) is 10.1. The van der Waals surface area contributed by atoms with Gasteiger partial charge in [-0.3, -0.25) is 4.98 Å². The molecular formula is C23H25FN2O3. The fraction of sp³-hybridized carbons (Fsp3) is 0.478. The van der Waals surface area contributed by atoms with Crippen molar-refractivity contribution < 1.29 is 18.6 Å². The van der Waals surface area contributed by atoms with Crippen LogP contribution in [0.4, 0.5) is 4.39 Å². The molecule has 4 rings (SSSR count). The van der Waals surface area contributed by atoms with Gasteiger partial charge in [0, 0.05) is 30.5 Å². The molecule has 152 valence electrons. The molecule has 29 heavy (non-hydrogen) atoms. The number of halogens is 1. The lowest BCUT2D eigenvalue weighted by Crippen LogP contribution is -2.34. The summed E-state index contributed by atoms with van der Waals surface area (Å²) in [4.78, 5) is 4.93. The number of benzene rings is 1. The Labute approximate surface area is 170 Å². The van der Waals surface area contributed by atoms with Crippen LogP contribution in [-0.2, 0) is 27.9 Å². The molecule has 2 heterocycles. The highest BCUT2D eigenvalue weighted by molar-refractivity contribution is 5.77.